The predicted octanol–water partition coefficient (Wildman–Crippen LogP) is 3.66. The fourth-order valence-electron chi connectivity index (χ4n) is 4.10. The van der Waals surface area contributed by atoms with Crippen LogP contribution in [0.1, 0.15) is 30.9 Å². The van der Waals surface area contributed by atoms with Crippen molar-refractivity contribution in [1.29, 1.82) is 0 Å². The van der Waals surface area contributed by atoms with Crippen molar-refractivity contribution in [3.63, 3.8) is 0 Å². The molecule has 2 aromatic carbocycles. The van der Waals surface area contributed by atoms with Crippen LogP contribution >= 0.6 is 0 Å². The molecule has 5 heteroatoms. The van der Waals surface area contributed by atoms with Crippen LogP contribution in [0.4, 0.5) is 8.78 Å². The van der Waals surface area contributed by atoms with Gasteiger partial charge in [0.15, 0.2) is 0 Å². The number of carbonyl (C=O) groups is 1. The monoisotopic (exact) mass is 342 g/mol. The number of likely N-dealkylation sites (N-methyl/N-ethyl adjacent to an activating group) is 1. The summed E-state index contributed by atoms with van der Waals surface area (Å²) >= 11 is 0. The second kappa shape index (κ2) is 5.92. The van der Waals surface area contributed by atoms with Gasteiger partial charge in [-0.2, -0.15) is 0 Å². The third kappa shape index (κ3) is 2.63. The SMILES string of the molecule is CN1CC[C@]2(CC[C@@H](c3cccc(-c4c(F)cccc4F)c3)N2)C1=O. The number of carbonyl (C=O) groups excluding carboxylic acids is 1. The van der Waals surface area contributed by atoms with Crippen LogP contribution in [0.2, 0.25) is 0 Å². The quantitative estimate of drug-likeness (QED) is 0.903. The van der Waals surface area contributed by atoms with E-state index >= 15 is 0 Å². The van der Waals surface area contributed by atoms with E-state index < -0.39 is 17.2 Å². The van der Waals surface area contributed by atoms with Gasteiger partial charge in [-0.25, -0.2) is 8.78 Å². The molecule has 4 rings (SSSR count). The van der Waals surface area contributed by atoms with Crippen molar-refractivity contribution in [3.8, 4) is 11.1 Å². The summed E-state index contributed by atoms with van der Waals surface area (Å²) in [7, 11) is 1.83. The van der Waals surface area contributed by atoms with E-state index in [9.17, 15) is 13.6 Å². The maximum atomic E-state index is 14.1. The van der Waals surface area contributed by atoms with Crippen molar-refractivity contribution in [2.45, 2.75) is 30.8 Å². The topological polar surface area (TPSA) is 32.3 Å². The van der Waals surface area contributed by atoms with E-state index in [-0.39, 0.29) is 17.5 Å². The van der Waals surface area contributed by atoms with Crippen LogP contribution in [-0.2, 0) is 4.79 Å². The zero-order chi connectivity index (χ0) is 17.6. The molecule has 3 nitrogen and oxygen atoms in total. The molecule has 25 heavy (non-hydrogen) atoms. The average molecular weight is 342 g/mol. The Kier molecular flexibility index (Phi) is 3.84. The molecule has 0 radical (unpaired) electrons. The number of amides is 1. The molecule has 130 valence electrons. The van der Waals surface area contributed by atoms with Crippen LogP contribution in [-0.4, -0.2) is 29.9 Å². The molecule has 0 bridgehead atoms. The minimum atomic E-state index is -0.569. The minimum absolute atomic E-state index is 0.00580. The fourth-order valence-corrected chi connectivity index (χ4v) is 4.10. The summed E-state index contributed by atoms with van der Waals surface area (Å²) in [6.45, 7) is 0.763. The summed E-state index contributed by atoms with van der Waals surface area (Å²) < 4.78 is 28.1. The van der Waals surface area contributed by atoms with E-state index in [0.29, 0.717) is 5.56 Å². The summed E-state index contributed by atoms with van der Waals surface area (Å²) in [5, 5.41) is 3.49. The van der Waals surface area contributed by atoms with E-state index in [0.717, 1.165) is 31.4 Å². The van der Waals surface area contributed by atoms with E-state index in [1.165, 1.54) is 18.2 Å². The highest BCUT2D eigenvalue weighted by Crippen LogP contribution is 2.40. The first-order valence-electron chi connectivity index (χ1n) is 8.58. The molecule has 1 N–H and O–H groups in total. The molecule has 0 aliphatic carbocycles. The van der Waals surface area contributed by atoms with Gasteiger partial charge < -0.3 is 4.90 Å². The Morgan fingerprint density at radius 2 is 1.84 bits per heavy atom. The summed E-state index contributed by atoms with van der Waals surface area (Å²) in [4.78, 5) is 14.2. The molecule has 2 heterocycles. The summed E-state index contributed by atoms with van der Waals surface area (Å²) in [5.74, 6) is -0.993. The van der Waals surface area contributed by atoms with Crippen molar-refractivity contribution < 1.29 is 13.6 Å². The lowest BCUT2D eigenvalue weighted by Crippen LogP contribution is -2.47. The van der Waals surface area contributed by atoms with Gasteiger partial charge in [0, 0.05) is 19.6 Å². The number of hydrogen-bond acceptors (Lipinski definition) is 2. The Bertz CT molecular complexity index is 818. The first-order valence-corrected chi connectivity index (χ1v) is 8.58. The number of benzene rings is 2. The Balaban J connectivity index is 1.64. The molecule has 2 aliphatic heterocycles. The van der Waals surface area contributed by atoms with Gasteiger partial charge in [0.1, 0.15) is 17.2 Å². The molecular formula is C20H20F2N2O. The van der Waals surface area contributed by atoms with Gasteiger partial charge in [0.2, 0.25) is 5.91 Å². The van der Waals surface area contributed by atoms with Gasteiger partial charge >= 0.3 is 0 Å². The van der Waals surface area contributed by atoms with Crippen LogP contribution in [0.5, 0.6) is 0 Å². The molecule has 1 amide bonds. The van der Waals surface area contributed by atoms with Crippen LogP contribution in [0.3, 0.4) is 0 Å². The highest BCUT2D eigenvalue weighted by molar-refractivity contribution is 5.88. The normalized spacial score (nSPS) is 26.0. The van der Waals surface area contributed by atoms with Crippen molar-refractivity contribution in [2.24, 2.45) is 0 Å². The minimum Gasteiger partial charge on any atom is -0.344 e. The average Bonchev–Trinajstić information content (AvgIpc) is 3.15. The van der Waals surface area contributed by atoms with Crippen LogP contribution in [0.15, 0.2) is 42.5 Å². The highest BCUT2D eigenvalue weighted by Gasteiger charge is 2.49. The second-order valence-corrected chi connectivity index (χ2v) is 7.02. The Labute approximate surface area is 145 Å². The number of nitrogens with one attached hydrogen (secondary N) is 1. The summed E-state index contributed by atoms with van der Waals surface area (Å²) in [6.07, 6.45) is 2.43. The molecule has 1 spiro atoms. The van der Waals surface area contributed by atoms with Crippen molar-refractivity contribution in [1.82, 2.24) is 10.2 Å². The standard InChI is InChI=1S/C20H20F2N2O/c1-24-11-10-20(19(24)25)9-8-17(23-20)13-4-2-5-14(12-13)18-15(21)6-3-7-16(18)22/h2-7,12,17,23H,8-11H2,1H3/t17-,20+/m0/s1. The molecule has 2 aliphatic rings. The zero-order valence-corrected chi connectivity index (χ0v) is 14.1. The number of halogens is 2. The number of nitrogens with zero attached hydrogens (tertiary/aromatic N) is 1. The highest BCUT2D eigenvalue weighted by atomic mass is 19.1. The third-order valence-corrected chi connectivity index (χ3v) is 5.48. The van der Waals surface area contributed by atoms with Gasteiger partial charge in [-0.1, -0.05) is 24.3 Å². The van der Waals surface area contributed by atoms with E-state index in [1.54, 1.807) is 11.0 Å². The summed E-state index contributed by atoms with van der Waals surface area (Å²) in [5.41, 5.74) is 0.998. The maximum absolute atomic E-state index is 14.1. The fraction of sp³-hybridized carbons (Fsp3) is 0.350. The lowest BCUT2D eigenvalue weighted by atomic mass is 9.95. The van der Waals surface area contributed by atoms with Crippen LogP contribution in [0.25, 0.3) is 11.1 Å². The van der Waals surface area contributed by atoms with Crippen molar-refractivity contribution >= 4 is 5.91 Å². The largest absolute Gasteiger partial charge is 0.344 e. The number of hydrogen-bond donors (Lipinski definition) is 1. The van der Waals surface area contributed by atoms with E-state index in [4.69, 9.17) is 0 Å². The van der Waals surface area contributed by atoms with Crippen molar-refractivity contribution in [3.05, 3.63) is 59.7 Å². The van der Waals surface area contributed by atoms with E-state index in [1.807, 2.05) is 25.2 Å². The van der Waals surface area contributed by atoms with Gasteiger partial charge in [0.05, 0.1) is 5.56 Å². The molecule has 0 unspecified atom stereocenters. The van der Waals surface area contributed by atoms with Gasteiger partial charge in [-0.3, -0.25) is 10.1 Å². The van der Waals surface area contributed by atoms with Crippen LogP contribution < -0.4 is 5.32 Å². The molecular weight excluding hydrogens is 322 g/mol. The molecule has 0 saturated carbocycles. The van der Waals surface area contributed by atoms with Crippen LogP contribution in [0, 0.1) is 11.6 Å². The second-order valence-electron chi connectivity index (χ2n) is 7.02. The first-order chi connectivity index (χ1) is 12.0. The Morgan fingerprint density at radius 1 is 1.12 bits per heavy atom. The first kappa shape index (κ1) is 16.2. The molecule has 2 saturated heterocycles. The number of rotatable bonds is 2. The number of likely N-dealkylation sites (tertiary alicyclic amines) is 1. The zero-order valence-electron chi connectivity index (χ0n) is 14.1. The lowest BCUT2D eigenvalue weighted by Gasteiger charge is -2.23. The van der Waals surface area contributed by atoms with Gasteiger partial charge in [0.25, 0.3) is 0 Å². The molecule has 2 atom stereocenters. The molecule has 2 aromatic rings. The van der Waals surface area contributed by atoms with Gasteiger partial charge in [-0.15, -0.1) is 0 Å². The predicted molar refractivity (Wildman–Crippen MR) is 91.9 cm³/mol. The van der Waals surface area contributed by atoms with E-state index in [2.05, 4.69) is 5.32 Å². The van der Waals surface area contributed by atoms with Gasteiger partial charge in [-0.05, 0) is 48.6 Å². The third-order valence-electron chi connectivity index (χ3n) is 5.48. The maximum Gasteiger partial charge on any atom is 0.242 e. The molecule has 2 fully saturated rings. The Morgan fingerprint density at radius 3 is 2.52 bits per heavy atom. The Hall–Kier alpha value is -2.27. The smallest absolute Gasteiger partial charge is 0.242 e. The molecule has 0 aromatic heterocycles. The lowest BCUT2D eigenvalue weighted by molar-refractivity contribution is -0.131. The summed E-state index contributed by atoms with van der Waals surface area (Å²) in [6, 6.07) is 11.2. The van der Waals surface area contributed by atoms with Crippen molar-refractivity contribution in [2.75, 3.05) is 13.6 Å².